The zero-order valence-electron chi connectivity index (χ0n) is 36.9. The zero-order valence-corrected chi connectivity index (χ0v) is 39.1. The molecular formula is C56H56N3OPt-. The molecule has 2 heterocycles. The summed E-state index contributed by atoms with van der Waals surface area (Å²) in [6.45, 7) is 20.4. The third-order valence-electron chi connectivity index (χ3n) is 12.6. The molecule has 312 valence electrons. The van der Waals surface area contributed by atoms with Crippen molar-refractivity contribution < 1.29 is 26.2 Å². The van der Waals surface area contributed by atoms with Crippen LogP contribution in [0, 0.1) is 6.07 Å². The maximum atomic E-state index is 11.4. The van der Waals surface area contributed by atoms with E-state index in [-0.39, 0.29) is 43.1 Å². The van der Waals surface area contributed by atoms with Crippen LogP contribution in [0.2, 0.25) is 0 Å². The van der Waals surface area contributed by atoms with Gasteiger partial charge in [-0.3, -0.25) is 9.55 Å². The number of para-hydroxylation sites is 2. The minimum absolute atomic E-state index is 0. The average molecular weight is 982 g/mol. The molecule has 61 heavy (non-hydrogen) atoms. The van der Waals surface area contributed by atoms with E-state index < -0.39 is 0 Å². The Morgan fingerprint density at radius 3 is 1.87 bits per heavy atom. The average Bonchev–Trinajstić information content (AvgIpc) is 3.65. The molecule has 0 bridgehead atoms. The minimum atomic E-state index is -0.148. The predicted octanol–water partition coefficient (Wildman–Crippen LogP) is 14.9. The molecule has 8 aromatic rings. The van der Waals surface area contributed by atoms with Crippen LogP contribution in [0.5, 0.6) is 5.75 Å². The van der Waals surface area contributed by atoms with Gasteiger partial charge in [0, 0.05) is 38.5 Å². The van der Waals surface area contributed by atoms with Gasteiger partial charge in [-0.15, -0.1) is 29.3 Å². The van der Waals surface area contributed by atoms with Crippen molar-refractivity contribution in [2.45, 2.75) is 91.4 Å². The number of phenolic OH excluding ortho intramolecular Hbond substituents is 1. The molecule has 2 aromatic heterocycles. The van der Waals surface area contributed by atoms with Crippen LogP contribution in [0.3, 0.4) is 0 Å². The van der Waals surface area contributed by atoms with Crippen LogP contribution in [0.25, 0.3) is 72.7 Å². The molecule has 0 atom stereocenters. The minimum Gasteiger partial charge on any atom is -0.507 e. The fourth-order valence-corrected chi connectivity index (χ4v) is 8.22. The van der Waals surface area contributed by atoms with Crippen molar-refractivity contribution in [3.8, 4) is 67.5 Å². The van der Waals surface area contributed by atoms with Gasteiger partial charge in [0.05, 0.1) is 22.3 Å². The molecule has 6 aromatic carbocycles. The van der Waals surface area contributed by atoms with Gasteiger partial charge in [-0.1, -0.05) is 164 Å². The van der Waals surface area contributed by atoms with E-state index in [0.717, 1.165) is 68.6 Å². The monoisotopic (exact) mass is 981 g/mol. The summed E-state index contributed by atoms with van der Waals surface area (Å²) in [6.07, 6.45) is 4.12. The van der Waals surface area contributed by atoms with Gasteiger partial charge in [-0.05, 0) is 93.3 Å². The number of aromatic nitrogens is 3. The summed E-state index contributed by atoms with van der Waals surface area (Å²) < 4.78 is 2.22. The first-order chi connectivity index (χ1) is 28.7. The molecule has 0 aliphatic heterocycles. The Hall–Kier alpha value is -5.57. The number of aromatic hydroxyl groups is 1. The molecule has 0 aliphatic carbocycles. The second kappa shape index (κ2) is 17.1. The predicted molar refractivity (Wildman–Crippen MR) is 252 cm³/mol. The molecule has 0 spiro atoms. The number of benzene rings is 6. The summed E-state index contributed by atoms with van der Waals surface area (Å²) in [4.78, 5) is 10.4. The van der Waals surface area contributed by atoms with Crippen molar-refractivity contribution in [2.24, 2.45) is 0 Å². The Morgan fingerprint density at radius 2 is 1.20 bits per heavy atom. The summed E-state index contributed by atoms with van der Waals surface area (Å²) in [5.74, 6) is 0.846. The maximum absolute atomic E-state index is 11.4. The molecule has 0 amide bonds. The van der Waals surface area contributed by atoms with E-state index in [9.17, 15) is 5.11 Å². The molecule has 4 nitrogen and oxygen atoms in total. The van der Waals surface area contributed by atoms with Gasteiger partial charge in [0.15, 0.2) is 0 Å². The normalized spacial score (nSPS) is 12.1. The van der Waals surface area contributed by atoms with Crippen LogP contribution in [0.1, 0.15) is 91.8 Å². The fraction of sp³-hybridized carbons (Fsp3) is 0.250. The van der Waals surface area contributed by atoms with Gasteiger partial charge >= 0.3 is 0 Å². The van der Waals surface area contributed by atoms with Gasteiger partial charge in [-0.25, -0.2) is 4.98 Å². The third kappa shape index (κ3) is 8.53. The SMILES string of the molecule is CCC(C)(CC)c1ccc(-c2ccnc(-c3[c-]c(-c4cccc5c4nc(-c4ccccc4O)n5-c4ccc(C(C)(C)C)cc4-c4ccccc4)cc(C(C)(C)C)c3)c2)cc1.[Pt]. The van der Waals surface area contributed by atoms with Crippen molar-refractivity contribution >= 4 is 11.0 Å². The standard InChI is InChI=1S/C56H56N3O.Pt/c1-10-56(9,11-2)42-26-24-37(25-27-42)39-30-31-57-48(35-39)41-32-40(33-44(34-41)55(6,7)8)45-21-17-22-50-52(45)58-53(46-20-15-16-23-51(46)60)59(50)49-29-28-43(54(3,4)5)36-47(49)38-18-13-12-14-19-38;/h12-31,33-36,60H,10-11H2,1-9H3;/q-1;. The van der Waals surface area contributed by atoms with Gasteiger partial charge < -0.3 is 5.11 Å². The smallest absolute Gasteiger partial charge is 0.148 e. The first-order valence-electron chi connectivity index (χ1n) is 21.3. The Kier molecular flexibility index (Phi) is 12.2. The van der Waals surface area contributed by atoms with Crippen LogP contribution in [-0.2, 0) is 37.3 Å². The number of rotatable bonds is 9. The Bertz CT molecular complexity index is 2820. The van der Waals surface area contributed by atoms with Gasteiger partial charge in [0.1, 0.15) is 11.6 Å². The van der Waals surface area contributed by atoms with E-state index in [0.29, 0.717) is 11.4 Å². The van der Waals surface area contributed by atoms with Crippen LogP contribution in [0.15, 0.2) is 146 Å². The Balaban J connectivity index is 0.00000561. The number of hydrogen-bond acceptors (Lipinski definition) is 3. The zero-order chi connectivity index (χ0) is 42.4. The quantitative estimate of drug-likeness (QED) is 0.147. The molecule has 0 aliphatic rings. The molecule has 1 N–H and O–H groups in total. The third-order valence-corrected chi connectivity index (χ3v) is 12.6. The molecule has 0 saturated carbocycles. The topological polar surface area (TPSA) is 50.9 Å². The number of hydrogen-bond donors (Lipinski definition) is 1. The fourth-order valence-electron chi connectivity index (χ4n) is 8.22. The molecular weight excluding hydrogens is 926 g/mol. The first-order valence-corrected chi connectivity index (χ1v) is 21.3. The van der Waals surface area contributed by atoms with E-state index in [4.69, 9.17) is 9.97 Å². The summed E-state index contributed by atoms with van der Waals surface area (Å²) in [6, 6.07) is 52.8. The number of fused-ring (bicyclic) bond motifs is 1. The molecule has 0 saturated heterocycles. The van der Waals surface area contributed by atoms with Crippen molar-refractivity contribution in [1.29, 1.82) is 0 Å². The van der Waals surface area contributed by atoms with Crippen LogP contribution >= 0.6 is 0 Å². The van der Waals surface area contributed by atoms with Crippen molar-refractivity contribution in [2.75, 3.05) is 0 Å². The summed E-state index contributed by atoms with van der Waals surface area (Å²) in [5, 5.41) is 11.4. The number of pyridine rings is 1. The Morgan fingerprint density at radius 1 is 0.557 bits per heavy atom. The van der Waals surface area contributed by atoms with Crippen LogP contribution < -0.4 is 0 Å². The van der Waals surface area contributed by atoms with Gasteiger partial charge in [0.2, 0.25) is 0 Å². The summed E-state index contributed by atoms with van der Waals surface area (Å²) in [5.41, 5.74) is 15.4. The van der Waals surface area contributed by atoms with Crippen LogP contribution in [-0.4, -0.2) is 19.6 Å². The van der Waals surface area contributed by atoms with E-state index in [1.807, 2.05) is 24.4 Å². The maximum Gasteiger partial charge on any atom is 0.148 e. The molecule has 0 unspecified atom stereocenters. The van der Waals surface area contributed by atoms with Gasteiger partial charge in [-0.2, -0.15) is 0 Å². The first kappa shape index (κ1) is 43.5. The van der Waals surface area contributed by atoms with Crippen molar-refractivity contribution in [3.05, 3.63) is 168 Å². The summed E-state index contributed by atoms with van der Waals surface area (Å²) >= 11 is 0. The van der Waals surface area contributed by atoms with E-state index in [1.165, 1.54) is 22.3 Å². The molecule has 0 fully saturated rings. The van der Waals surface area contributed by atoms with E-state index >= 15 is 0 Å². The second-order valence-electron chi connectivity index (χ2n) is 18.5. The number of imidazole rings is 1. The number of nitrogens with zero attached hydrogens (tertiary/aromatic N) is 3. The van der Waals surface area contributed by atoms with Gasteiger partial charge in [0.25, 0.3) is 0 Å². The molecule has 0 radical (unpaired) electrons. The van der Waals surface area contributed by atoms with E-state index in [1.54, 1.807) is 6.07 Å². The Labute approximate surface area is 377 Å². The van der Waals surface area contributed by atoms with Crippen molar-refractivity contribution in [1.82, 2.24) is 14.5 Å². The second-order valence-corrected chi connectivity index (χ2v) is 18.5. The largest absolute Gasteiger partial charge is 0.507 e. The molecule has 5 heteroatoms. The molecule has 8 rings (SSSR count). The number of phenols is 1. The van der Waals surface area contributed by atoms with Crippen LogP contribution in [0.4, 0.5) is 0 Å². The summed E-state index contributed by atoms with van der Waals surface area (Å²) in [7, 11) is 0. The van der Waals surface area contributed by atoms with E-state index in [2.05, 4.69) is 188 Å². The van der Waals surface area contributed by atoms with Crippen molar-refractivity contribution in [3.63, 3.8) is 0 Å².